The molecule has 0 unspecified atom stereocenters. The van der Waals surface area contributed by atoms with Crippen LogP contribution in [-0.2, 0) is 10.8 Å². The second kappa shape index (κ2) is 10.9. The van der Waals surface area contributed by atoms with Crippen LogP contribution in [0.5, 0.6) is 0 Å². The SMILES string of the molecule is c1ccc2c(c1)-c1ccccc1C21c2ccccc2C2(c3ccccc3-c3cc4c(cc32)c2ccccc2n4-c2ccc3sc4ccccc4c3c2)c2ccccc21. The molecule has 2 heteroatoms. The van der Waals surface area contributed by atoms with Crippen LogP contribution >= 0.6 is 11.3 Å². The summed E-state index contributed by atoms with van der Waals surface area (Å²) < 4.78 is 5.16. The van der Waals surface area contributed by atoms with E-state index in [0.29, 0.717) is 0 Å². The average molecular weight is 752 g/mol. The summed E-state index contributed by atoms with van der Waals surface area (Å²) in [6.45, 7) is 0. The summed E-state index contributed by atoms with van der Waals surface area (Å²) in [4.78, 5) is 0. The van der Waals surface area contributed by atoms with Gasteiger partial charge in [-0.3, -0.25) is 0 Å². The molecule has 58 heavy (non-hydrogen) atoms. The maximum Gasteiger partial charge on any atom is 0.0720 e. The van der Waals surface area contributed by atoms with Crippen LogP contribution in [0, 0.1) is 0 Å². The zero-order valence-corrected chi connectivity index (χ0v) is 32.2. The Bertz CT molecular complexity index is 3500. The second-order valence-electron chi connectivity index (χ2n) is 16.3. The summed E-state index contributed by atoms with van der Waals surface area (Å²) in [5.74, 6) is 0. The van der Waals surface area contributed by atoms with Crippen LogP contribution < -0.4 is 0 Å². The minimum absolute atomic E-state index is 0.450. The number of rotatable bonds is 1. The molecule has 0 aliphatic heterocycles. The third-order valence-corrected chi connectivity index (χ3v) is 15.0. The molecule has 0 atom stereocenters. The fourth-order valence-corrected chi connectivity index (χ4v) is 12.9. The lowest BCUT2D eigenvalue weighted by atomic mass is 9.52. The lowest BCUT2D eigenvalue weighted by Gasteiger charge is -2.48. The van der Waals surface area contributed by atoms with Gasteiger partial charge in [-0.05, 0) is 109 Å². The van der Waals surface area contributed by atoms with Crippen LogP contribution in [0.1, 0.15) is 44.5 Å². The first-order valence-electron chi connectivity index (χ1n) is 20.3. The van der Waals surface area contributed by atoms with Gasteiger partial charge in [0.1, 0.15) is 0 Å². The van der Waals surface area contributed by atoms with Gasteiger partial charge < -0.3 is 4.57 Å². The topological polar surface area (TPSA) is 4.93 Å². The molecule has 0 radical (unpaired) electrons. The number of nitrogens with zero attached hydrogens (tertiary/aromatic N) is 1. The predicted octanol–water partition coefficient (Wildman–Crippen LogP) is 14.2. The first-order valence-corrected chi connectivity index (χ1v) is 21.1. The van der Waals surface area contributed by atoms with Gasteiger partial charge in [0.25, 0.3) is 0 Å². The molecular formula is C56H33NS. The summed E-state index contributed by atoms with van der Waals surface area (Å²) in [5.41, 5.74) is 18.9. The van der Waals surface area contributed by atoms with E-state index < -0.39 is 10.8 Å². The smallest absolute Gasteiger partial charge is 0.0720 e. The van der Waals surface area contributed by atoms with Crippen molar-refractivity contribution in [2.45, 2.75) is 10.8 Å². The molecule has 268 valence electrons. The fraction of sp³-hybridized carbons (Fsp3) is 0.0357. The molecule has 0 saturated heterocycles. The molecule has 1 nitrogen and oxygen atoms in total. The van der Waals surface area contributed by atoms with Crippen molar-refractivity contribution in [2.24, 2.45) is 0 Å². The lowest BCUT2D eigenvalue weighted by Crippen LogP contribution is -2.43. The standard InChI is InChI=1S/C56H33NS/c1-6-20-43-35(15-1)36-16-2-7-21-44(36)55(43)46-23-9-11-25-48(46)56(49-26-12-10-24-47(49)55)45-22-8-3-17-37(45)40-33-52-41(32-50(40)56)38-18-4-13-27-51(38)57(52)34-29-30-54-42(31-34)39-19-5-14-28-53(39)58-54/h1-33H. The van der Waals surface area contributed by atoms with Crippen LogP contribution in [0.15, 0.2) is 200 Å². The zero-order chi connectivity index (χ0) is 37.7. The molecule has 9 aromatic carbocycles. The van der Waals surface area contributed by atoms with Gasteiger partial charge in [0, 0.05) is 36.6 Å². The number of aromatic nitrogens is 1. The monoisotopic (exact) mass is 751 g/mol. The van der Waals surface area contributed by atoms with Crippen LogP contribution in [0.25, 0.3) is 69.9 Å². The van der Waals surface area contributed by atoms with Crippen molar-refractivity contribution in [1.29, 1.82) is 0 Å². The molecule has 2 aromatic heterocycles. The van der Waals surface area contributed by atoms with Crippen molar-refractivity contribution < 1.29 is 0 Å². The Morgan fingerprint density at radius 1 is 0.293 bits per heavy atom. The van der Waals surface area contributed by atoms with Crippen molar-refractivity contribution in [3.05, 3.63) is 245 Å². The van der Waals surface area contributed by atoms with Crippen molar-refractivity contribution in [3.8, 4) is 27.9 Å². The quantitative estimate of drug-likeness (QED) is 0.157. The fourth-order valence-electron chi connectivity index (χ4n) is 11.8. The van der Waals surface area contributed by atoms with E-state index in [2.05, 4.69) is 205 Å². The Morgan fingerprint density at radius 3 is 1.38 bits per heavy atom. The molecule has 0 bridgehead atoms. The van der Waals surface area contributed by atoms with E-state index in [9.17, 15) is 0 Å². The number of thiophene rings is 1. The molecule has 11 aromatic rings. The van der Waals surface area contributed by atoms with E-state index in [-0.39, 0.29) is 0 Å². The number of hydrogen-bond donors (Lipinski definition) is 0. The highest BCUT2D eigenvalue weighted by Crippen LogP contribution is 2.67. The van der Waals surface area contributed by atoms with Crippen molar-refractivity contribution in [2.75, 3.05) is 0 Å². The normalized spacial score (nSPS) is 14.8. The molecule has 2 heterocycles. The van der Waals surface area contributed by atoms with Gasteiger partial charge in [0.15, 0.2) is 0 Å². The van der Waals surface area contributed by atoms with Gasteiger partial charge >= 0.3 is 0 Å². The van der Waals surface area contributed by atoms with Crippen molar-refractivity contribution in [3.63, 3.8) is 0 Å². The summed E-state index contributed by atoms with van der Waals surface area (Å²) >= 11 is 1.87. The third-order valence-electron chi connectivity index (χ3n) is 13.9. The van der Waals surface area contributed by atoms with Crippen LogP contribution in [0.3, 0.4) is 0 Å². The molecule has 0 saturated carbocycles. The summed E-state index contributed by atoms with van der Waals surface area (Å²) in [7, 11) is 0. The van der Waals surface area contributed by atoms with Gasteiger partial charge in [-0.2, -0.15) is 0 Å². The highest BCUT2D eigenvalue weighted by Gasteiger charge is 2.58. The minimum atomic E-state index is -0.525. The Kier molecular flexibility index (Phi) is 5.84. The van der Waals surface area contributed by atoms with Crippen molar-refractivity contribution in [1.82, 2.24) is 4.57 Å². The van der Waals surface area contributed by atoms with Crippen LogP contribution in [-0.4, -0.2) is 4.57 Å². The average Bonchev–Trinajstić information content (AvgIpc) is 4.00. The molecular weight excluding hydrogens is 719 g/mol. The van der Waals surface area contributed by atoms with Gasteiger partial charge in [-0.25, -0.2) is 0 Å². The lowest BCUT2D eigenvalue weighted by molar-refractivity contribution is 0.633. The van der Waals surface area contributed by atoms with E-state index >= 15 is 0 Å². The number of hydrogen-bond acceptors (Lipinski definition) is 1. The zero-order valence-electron chi connectivity index (χ0n) is 31.4. The number of fused-ring (bicyclic) bond motifs is 22. The molecule has 0 amide bonds. The maximum absolute atomic E-state index is 2.57. The Balaban J connectivity index is 1.12. The molecule has 3 aliphatic carbocycles. The highest BCUT2D eigenvalue weighted by atomic mass is 32.1. The van der Waals surface area contributed by atoms with E-state index in [1.54, 1.807) is 0 Å². The Labute approximate surface area is 339 Å². The Morgan fingerprint density at radius 2 is 0.759 bits per heavy atom. The molecule has 0 N–H and O–H groups in total. The van der Waals surface area contributed by atoms with Crippen molar-refractivity contribution >= 4 is 53.3 Å². The van der Waals surface area contributed by atoms with E-state index in [1.807, 2.05) is 11.3 Å². The summed E-state index contributed by atoms with van der Waals surface area (Å²) in [5, 5.41) is 5.19. The van der Waals surface area contributed by atoms with Gasteiger partial charge in [0.05, 0.1) is 21.9 Å². The molecule has 0 fully saturated rings. The third kappa shape index (κ3) is 3.52. The van der Waals surface area contributed by atoms with E-state index in [0.717, 1.165) is 0 Å². The molecule has 3 aliphatic rings. The first-order chi connectivity index (χ1) is 28.8. The summed E-state index contributed by atoms with van der Waals surface area (Å²) in [6.07, 6.45) is 0. The first kappa shape index (κ1) is 31.1. The van der Waals surface area contributed by atoms with Crippen LogP contribution in [0.4, 0.5) is 0 Å². The van der Waals surface area contributed by atoms with Gasteiger partial charge in [-0.15, -0.1) is 11.3 Å². The molecule has 2 spiro atoms. The number of benzene rings is 9. The van der Waals surface area contributed by atoms with Gasteiger partial charge in [0.2, 0.25) is 0 Å². The highest BCUT2D eigenvalue weighted by molar-refractivity contribution is 7.25. The predicted molar refractivity (Wildman–Crippen MR) is 242 cm³/mol. The van der Waals surface area contributed by atoms with E-state index in [4.69, 9.17) is 0 Å². The Hall–Kier alpha value is -7.00. The summed E-state index contributed by atoms with van der Waals surface area (Å²) in [6, 6.07) is 76.2. The van der Waals surface area contributed by atoms with Crippen LogP contribution in [0.2, 0.25) is 0 Å². The van der Waals surface area contributed by atoms with E-state index in [1.165, 1.54) is 114 Å². The maximum atomic E-state index is 2.57. The second-order valence-corrected chi connectivity index (χ2v) is 17.4. The van der Waals surface area contributed by atoms with Gasteiger partial charge in [-0.1, -0.05) is 158 Å². The largest absolute Gasteiger partial charge is 0.309 e. The number of para-hydroxylation sites is 1. The minimum Gasteiger partial charge on any atom is -0.309 e. The molecule has 14 rings (SSSR count).